The molecule has 0 bridgehead atoms. The molecule has 0 aromatic heterocycles. The Morgan fingerprint density at radius 2 is 1.14 bits per heavy atom. The maximum Gasteiger partial charge on any atom is 0.429 e. The van der Waals surface area contributed by atoms with Crippen molar-refractivity contribution in [1.29, 1.82) is 0 Å². The third-order valence-electron chi connectivity index (χ3n) is 2.13. The number of halogens is 7. The Bertz CT molecular complexity index is 377. The van der Waals surface area contributed by atoms with E-state index in [2.05, 4.69) is 21.7 Å². The first-order chi connectivity index (χ1) is 9.51. The molecule has 0 rings (SSSR count). The minimum Gasteiger partial charge on any atom is -0.479 e. The van der Waals surface area contributed by atoms with E-state index in [1.54, 1.807) is 0 Å². The lowest BCUT2D eigenvalue weighted by Gasteiger charge is -2.23. The van der Waals surface area contributed by atoms with Gasteiger partial charge in [0.2, 0.25) is 0 Å². The molecule has 0 spiro atoms. The molecule has 0 saturated heterocycles. The summed E-state index contributed by atoms with van der Waals surface area (Å²) in [6.07, 6.45) is -10.4. The molecule has 0 aliphatic rings. The molecule has 2 unspecified atom stereocenters. The molecule has 0 amide bonds. The summed E-state index contributed by atoms with van der Waals surface area (Å²) in [6.45, 7) is -1.40. The van der Waals surface area contributed by atoms with Crippen LogP contribution in [0.1, 0.15) is 0 Å². The molecule has 0 heterocycles. The molecule has 0 fully saturated rings. The standard InChI is InChI=1S/C4H4BrF3O3.C4H6F3NO3/c5-1-3(11,2(9)10)4(6,7)8;5-4(6,7)3(11,1-8)2(9)10/h11H,1H2,(H,9,10);11H,1,8H2,(H,9,10). The van der Waals surface area contributed by atoms with Gasteiger partial charge in [0.05, 0.1) is 5.33 Å². The van der Waals surface area contributed by atoms with Gasteiger partial charge >= 0.3 is 24.3 Å². The number of hydrogen-bond acceptors (Lipinski definition) is 5. The second-order valence-electron chi connectivity index (χ2n) is 3.66. The molecule has 2 atom stereocenters. The highest BCUT2D eigenvalue weighted by atomic mass is 79.9. The summed E-state index contributed by atoms with van der Waals surface area (Å²) in [5.41, 5.74) is -3.07. The molecule has 0 aliphatic carbocycles. The zero-order chi connectivity index (χ0) is 18.6. The predicted octanol–water partition coefficient (Wildman–Crippen LogP) is 0.0824. The van der Waals surface area contributed by atoms with Crippen LogP contribution in [0.3, 0.4) is 0 Å². The van der Waals surface area contributed by atoms with Crippen LogP contribution in [0.5, 0.6) is 0 Å². The van der Waals surface area contributed by atoms with Crippen LogP contribution in [-0.2, 0) is 9.59 Å². The van der Waals surface area contributed by atoms with Crippen LogP contribution in [0.4, 0.5) is 26.3 Å². The molecule has 0 radical (unpaired) electrons. The summed E-state index contributed by atoms with van der Waals surface area (Å²) in [5, 5.41) is 31.6. The van der Waals surface area contributed by atoms with E-state index in [0.717, 1.165) is 0 Å². The lowest BCUT2D eigenvalue weighted by atomic mass is 10.1. The van der Waals surface area contributed by atoms with E-state index in [1.165, 1.54) is 0 Å². The molecule has 14 heteroatoms. The lowest BCUT2D eigenvalue weighted by molar-refractivity contribution is -0.256. The first-order valence-corrected chi connectivity index (χ1v) is 5.94. The Labute approximate surface area is 126 Å². The van der Waals surface area contributed by atoms with Gasteiger partial charge < -0.3 is 26.2 Å². The fraction of sp³-hybridized carbons (Fsp3) is 0.750. The highest BCUT2D eigenvalue weighted by Crippen LogP contribution is 2.32. The molecule has 22 heavy (non-hydrogen) atoms. The van der Waals surface area contributed by atoms with E-state index in [-0.39, 0.29) is 0 Å². The van der Waals surface area contributed by atoms with Crippen molar-refractivity contribution in [2.75, 3.05) is 11.9 Å². The van der Waals surface area contributed by atoms with Crippen LogP contribution < -0.4 is 5.73 Å². The molecular weight excluding hydrogens is 400 g/mol. The fourth-order valence-corrected chi connectivity index (χ4v) is 1.14. The smallest absolute Gasteiger partial charge is 0.429 e. The SMILES string of the molecule is NCC(O)(C(=O)O)C(F)(F)F.O=C(O)C(O)(CBr)C(F)(F)F. The second-order valence-corrected chi connectivity index (χ2v) is 4.22. The predicted molar refractivity (Wildman–Crippen MR) is 60.1 cm³/mol. The summed E-state index contributed by atoms with van der Waals surface area (Å²) in [5.74, 6) is -4.71. The van der Waals surface area contributed by atoms with Crippen molar-refractivity contribution in [3.63, 3.8) is 0 Å². The van der Waals surface area contributed by atoms with Gasteiger partial charge in [-0.3, -0.25) is 0 Å². The number of hydrogen-bond donors (Lipinski definition) is 5. The first kappa shape index (κ1) is 23.2. The number of carboxylic acid groups (broad SMARTS) is 2. The molecule has 0 aromatic rings. The summed E-state index contributed by atoms with van der Waals surface area (Å²) in [4.78, 5) is 19.7. The summed E-state index contributed by atoms with van der Waals surface area (Å²) in [7, 11) is 0. The summed E-state index contributed by atoms with van der Waals surface area (Å²) >= 11 is 2.26. The second kappa shape index (κ2) is 7.43. The summed E-state index contributed by atoms with van der Waals surface area (Å²) < 4.78 is 70.0. The molecular formula is C8H10BrF6NO6. The van der Waals surface area contributed by atoms with Crippen molar-refractivity contribution in [3.8, 4) is 0 Å². The van der Waals surface area contributed by atoms with E-state index in [1.807, 2.05) is 0 Å². The maximum atomic E-state index is 11.7. The zero-order valence-electron chi connectivity index (χ0n) is 10.2. The van der Waals surface area contributed by atoms with Crippen LogP contribution in [-0.4, -0.2) is 67.8 Å². The first-order valence-electron chi connectivity index (χ1n) is 4.82. The van der Waals surface area contributed by atoms with E-state index < -0.39 is 47.4 Å². The van der Waals surface area contributed by atoms with Gasteiger partial charge in [-0.05, 0) is 0 Å². The van der Waals surface area contributed by atoms with Gasteiger partial charge in [-0.2, -0.15) is 26.3 Å². The molecule has 0 aromatic carbocycles. The van der Waals surface area contributed by atoms with Gasteiger partial charge in [0, 0.05) is 6.54 Å². The van der Waals surface area contributed by atoms with E-state index in [0.29, 0.717) is 0 Å². The quantitative estimate of drug-likeness (QED) is 0.327. The number of nitrogens with two attached hydrogens (primary N) is 1. The Hall–Kier alpha value is -1.12. The highest BCUT2D eigenvalue weighted by Gasteiger charge is 2.60. The molecule has 132 valence electrons. The lowest BCUT2D eigenvalue weighted by Crippen LogP contribution is -2.57. The molecule has 0 aliphatic heterocycles. The third kappa shape index (κ3) is 4.96. The number of aliphatic carboxylic acids is 2. The number of rotatable bonds is 4. The van der Waals surface area contributed by atoms with Crippen molar-refractivity contribution in [1.82, 2.24) is 0 Å². The van der Waals surface area contributed by atoms with Gasteiger partial charge in [-0.25, -0.2) is 9.59 Å². The average molecular weight is 410 g/mol. The number of carboxylic acids is 2. The van der Waals surface area contributed by atoms with Crippen molar-refractivity contribution < 1.29 is 56.4 Å². The van der Waals surface area contributed by atoms with Gasteiger partial charge in [0.25, 0.3) is 11.2 Å². The fourth-order valence-electron chi connectivity index (χ4n) is 0.578. The van der Waals surface area contributed by atoms with Crippen LogP contribution in [0, 0.1) is 0 Å². The van der Waals surface area contributed by atoms with Crippen molar-refractivity contribution in [3.05, 3.63) is 0 Å². The Kier molecular flexibility index (Phi) is 7.82. The van der Waals surface area contributed by atoms with Crippen LogP contribution in [0.2, 0.25) is 0 Å². The number of alkyl halides is 7. The monoisotopic (exact) mass is 409 g/mol. The van der Waals surface area contributed by atoms with E-state index in [9.17, 15) is 35.9 Å². The minimum atomic E-state index is -5.24. The topological polar surface area (TPSA) is 141 Å². The number of carbonyl (C=O) groups is 2. The van der Waals surface area contributed by atoms with Crippen LogP contribution in [0.25, 0.3) is 0 Å². The van der Waals surface area contributed by atoms with Gasteiger partial charge in [0.15, 0.2) is 0 Å². The largest absolute Gasteiger partial charge is 0.479 e. The van der Waals surface area contributed by atoms with Crippen molar-refractivity contribution in [2.45, 2.75) is 23.6 Å². The van der Waals surface area contributed by atoms with E-state index >= 15 is 0 Å². The Balaban J connectivity index is 0. The molecule has 6 N–H and O–H groups in total. The van der Waals surface area contributed by atoms with Crippen molar-refractivity contribution in [2.24, 2.45) is 5.73 Å². The molecule has 0 saturated carbocycles. The van der Waals surface area contributed by atoms with Crippen molar-refractivity contribution >= 4 is 27.9 Å². The maximum absolute atomic E-state index is 11.7. The minimum absolute atomic E-state index is 1.08. The Morgan fingerprint density at radius 3 is 1.14 bits per heavy atom. The van der Waals surface area contributed by atoms with E-state index in [4.69, 9.17) is 20.4 Å². The third-order valence-corrected chi connectivity index (χ3v) is 2.95. The van der Waals surface area contributed by atoms with Gasteiger partial charge in [-0.1, -0.05) is 15.9 Å². The highest BCUT2D eigenvalue weighted by molar-refractivity contribution is 9.09. The normalized spacial score (nSPS) is 17.5. The van der Waals surface area contributed by atoms with Gasteiger partial charge in [-0.15, -0.1) is 0 Å². The van der Waals surface area contributed by atoms with Gasteiger partial charge in [0.1, 0.15) is 0 Å². The van der Waals surface area contributed by atoms with Crippen LogP contribution >= 0.6 is 15.9 Å². The summed E-state index contributed by atoms with van der Waals surface area (Å²) in [6, 6.07) is 0. The Morgan fingerprint density at radius 1 is 0.864 bits per heavy atom. The average Bonchev–Trinajstić information content (AvgIpc) is 2.34. The number of aliphatic hydroxyl groups is 2. The van der Waals surface area contributed by atoms with Crippen LogP contribution in [0.15, 0.2) is 0 Å². The molecule has 7 nitrogen and oxygen atoms in total. The zero-order valence-corrected chi connectivity index (χ0v) is 11.8.